The normalized spacial score (nSPS) is 12.2. The molecule has 1 N–H and O–H groups in total. The van der Waals surface area contributed by atoms with Gasteiger partial charge in [-0.1, -0.05) is 54.2 Å². The molecule has 0 aliphatic rings. The number of carbonyl (C=O) groups excluding carboxylic acids is 1. The van der Waals surface area contributed by atoms with Gasteiger partial charge in [0.15, 0.2) is 5.16 Å². The summed E-state index contributed by atoms with van der Waals surface area (Å²) in [5, 5.41) is 0.470. The van der Waals surface area contributed by atoms with E-state index in [9.17, 15) is 4.79 Å². The Balaban J connectivity index is 1.93. The Morgan fingerprint density at radius 2 is 1.75 bits per heavy atom. The van der Waals surface area contributed by atoms with Gasteiger partial charge in [0.25, 0.3) is 0 Å². The molecule has 4 nitrogen and oxygen atoms in total. The lowest BCUT2D eigenvalue weighted by atomic mass is 10.1. The first-order chi connectivity index (χ1) is 11.7. The minimum absolute atomic E-state index is 0.122. The number of hydrogen-bond acceptors (Lipinski definition) is 3. The average Bonchev–Trinajstić information content (AvgIpc) is 3.04. The summed E-state index contributed by atoms with van der Waals surface area (Å²) in [7, 11) is 0. The van der Waals surface area contributed by atoms with Gasteiger partial charge in [-0.2, -0.15) is 0 Å². The number of nitrogens with one attached hydrogen (secondary N) is 1. The van der Waals surface area contributed by atoms with Gasteiger partial charge in [0.2, 0.25) is 5.91 Å². The Morgan fingerprint density at radius 3 is 2.42 bits per heavy atom. The van der Waals surface area contributed by atoms with Gasteiger partial charge in [-0.05, 0) is 31.5 Å². The molecule has 0 bridgehead atoms. The second kappa shape index (κ2) is 7.53. The van der Waals surface area contributed by atoms with Crippen LogP contribution in [0.1, 0.15) is 24.7 Å². The molecular weight excluding hydrogens is 318 g/mol. The zero-order valence-electron chi connectivity index (χ0n) is 13.9. The first-order valence-corrected chi connectivity index (χ1v) is 9.06. The van der Waals surface area contributed by atoms with Crippen molar-refractivity contribution >= 4 is 28.7 Å². The molecule has 0 aliphatic heterocycles. The van der Waals surface area contributed by atoms with Crippen LogP contribution in [0.3, 0.4) is 0 Å². The van der Waals surface area contributed by atoms with Crippen molar-refractivity contribution < 1.29 is 4.79 Å². The third-order valence-corrected chi connectivity index (χ3v) is 5.12. The number of likely N-dealkylation sites (N-methyl/N-ethyl adjacent to an activating group) is 1. The van der Waals surface area contributed by atoms with Crippen LogP contribution in [0.4, 0.5) is 0 Å². The van der Waals surface area contributed by atoms with Crippen molar-refractivity contribution in [3.8, 4) is 0 Å². The van der Waals surface area contributed by atoms with Crippen LogP contribution in [0, 0.1) is 0 Å². The van der Waals surface area contributed by atoms with Gasteiger partial charge in [0, 0.05) is 13.1 Å². The molecule has 3 aromatic rings. The third kappa shape index (κ3) is 3.46. The lowest BCUT2D eigenvalue weighted by molar-refractivity contribution is -0.130. The summed E-state index contributed by atoms with van der Waals surface area (Å²) in [6, 6.07) is 17.8. The SMILES string of the molecule is CCN(CC)C(=O)[C@H](Sc1nc2ccccc2[nH]1)c1ccccc1. The predicted molar refractivity (Wildman–Crippen MR) is 99.1 cm³/mol. The van der Waals surface area contributed by atoms with Crippen LogP contribution < -0.4 is 0 Å². The van der Waals surface area contributed by atoms with Crippen LogP contribution in [0.5, 0.6) is 0 Å². The van der Waals surface area contributed by atoms with Crippen molar-refractivity contribution in [1.82, 2.24) is 14.9 Å². The summed E-state index contributed by atoms with van der Waals surface area (Å²) < 4.78 is 0. The fraction of sp³-hybridized carbons (Fsp3) is 0.263. The Kier molecular flexibility index (Phi) is 5.20. The number of fused-ring (bicyclic) bond motifs is 1. The summed E-state index contributed by atoms with van der Waals surface area (Å²) >= 11 is 1.48. The highest BCUT2D eigenvalue weighted by atomic mass is 32.2. The third-order valence-electron chi connectivity index (χ3n) is 4.00. The van der Waals surface area contributed by atoms with E-state index in [-0.39, 0.29) is 11.2 Å². The summed E-state index contributed by atoms with van der Waals surface area (Å²) in [5.41, 5.74) is 2.91. The first-order valence-electron chi connectivity index (χ1n) is 8.18. The molecule has 1 heterocycles. The fourth-order valence-electron chi connectivity index (χ4n) is 2.69. The molecule has 1 aromatic heterocycles. The first kappa shape index (κ1) is 16.6. The maximum atomic E-state index is 13.0. The van der Waals surface area contributed by atoms with E-state index in [1.54, 1.807) is 0 Å². The van der Waals surface area contributed by atoms with E-state index in [0.717, 1.165) is 21.8 Å². The number of para-hydroxylation sites is 2. The summed E-state index contributed by atoms with van der Waals surface area (Å²) in [4.78, 5) is 22.8. The van der Waals surface area contributed by atoms with Crippen molar-refractivity contribution in [3.63, 3.8) is 0 Å². The summed E-state index contributed by atoms with van der Waals surface area (Å²) in [6.45, 7) is 5.43. The molecule has 0 aliphatic carbocycles. The molecule has 0 saturated carbocycles. The zero-order valence-corrected chi connectivity index (χ0v) is 14.7. The number of thioether (sulfide) groups is 1. The Labute approximate surface area is 146 Å². The predicted octanol–water partition coefficient (Wildman–Crippen LogP) is 4.26. The Morgan fingerprint density at radius 1 is 1.08 bits per heavy atom. The highest BCUT2D eigenvalue weighted by Gasteiger charge is 2.26. The van der Waals surface area contributed by atoms with Gasteiger partial charge in [-0.25, -0.2) is 4.98 Å². The number of amides is 1. The number of carbonyl (C=O) groups is 1. The standard InChI is InChI=1S/C19H21N3OS/c1-3-22(4-2)18(23)17(14-10-6-5-7-11-14)24-19-20-15-12-8-9-13-16(15)21-19/h5-13,17H,3-4H2,1-2H3,(H,20,21)/t17-/m1/s1. The number of aromatic amines is 1. The minimum Gasteiger partial charge on any atom is -0.342 e. The van der Waals surface area contributed by atoms with Gasteiger partial charge in [0.1, 0.15) is 5.25 Å². The monoisotopic (exact) mass is 339 g/mol. The topological polar surface area (TPSA) is 49.0 Å². The highest BCUT2D eigenvalue weighted by Crippen LogP contribution is 2.36. The molecule has 24 heavy (non-hydrogen) atoms. The maximum Gasteiger partial charge on any atom is 0.240 e. The quantitative estimate of drug-likeness (QED) is 0.683. The molecule has 2 aromatic carbocycles. The number of imidazole rings is 1. The molecule has 1 atom stereocenters. The van der Waals surface area contributed by atoms with Crippen molar-refractivity contribution in [2.24, 2.45) is 0 Å². The van der Waals surface area contributed by atoms with Crippen molar-refractivity contribution in [3.05, 3.63) is 60.2 Å². The fourth-order valence-corrected chi connectivity index (χ4v) is 3.77. The van der Waals surface area contributed by atoms with E-state index in [1.807, 2.05) is 73.3 Å². The lowest BCUT2D eigenvalue weighted by Gasteiger charge is -2.24. The van der Waals surface area contributed by atoms with Crippen molar-refractivity contribution in [2.75, 3.05) is 13.1 Å². The molecule has 0 unspecified atom stereocenters. The number of benzene rings is 2. The summed E-state index contributed by atoms with van der Waals surface area (Å²) in [6.07, 6.45) is 0. The van der Waals surface area contributed by atoms with E-state index in [1.165, 1.54) is 11.8 Å². The average molecular weight is 339 g/mol. The van der Waals surface area contributed by atoms with Crippen LogP contribution >= 0.6 is 11.8 Å². The van der Waals surface area contributed by atoms with Crippen LogP contribution in [-0.4, -0.2) is 33.9 Å². The largest absolute Gasteiger partial charge is 0.342 e. The van der Waals surface area contributed by atoms with E-state index >= 15 is 0 Å². The molecule has 3 rings (SSSR count). The molecule has 124 valence electrons. The molecule has 1 amide bonds. The number of hydrogen-bond donors (Lipinski definition) is 1. The molecule has 5 heteroatoms. The van der Waals surface area contributed by atoms with Crippen LogP contribution in [0.25, 0.3) is 11.0 Å². The molecule has 0 saturated heterocycles. The van der Waals surface area contributed by atoms with Crippen molar-refractivity contribution in [1.29, 1.82) is 0 Å². The van der Waals surface area contributed by atoms with Gasteiger partial charge in [-0.3, -0.25) is 4.79 Å². The molecular formula is C19H21N3OS. The van der Waals surface area contributed by atoms with Gasteiger partial charge in [0.05, 0.1) is 11.0 Å². The second-order valence-corrected chi connectivity index (χ2v) is 6.57. The van der Waals surface area contributed by atoms with Crippen molar-refractivity contribution in [2.45, 2.75) is 24.3 Å². The van der Waals surface area contributed by atoms with Gasteiger partial charge < -0.3 is 9.88 Å². The van der Waals surface area contributed by atoms with E-state index in [0.29, 0.717) is 13.1 Å². The number of nitrogens with zero attached hydrogens (tertiary/aromatic N) is 2. The highest BCUT2D eigenvalue weighted by molar-refractivity contribution is 8.00. The minimum atomic E-state index is -0.299. The van der Waals surface area contributed by atoms with Crippen LogP contribution in [-0.2, 0) is 4.79 Å². The number of rotatable bonds is 6. The smallest absolute Gasteiger partial charge is 0.240 e. The molecule has 0 spiro atoms. The summed E-state index contributed by atoms with van der Waals surface area (Å²) in [5.74, 6) is 0.122. The maximum absolute atomic E-state index is 13.0. The van der Waals surface area contributed by atoms with Crippen LogP contribution in [0.15, 0.2) is 59.8 Å². The Hall–Kier alpha value is -2.27. The second-order valence-electron chi connectivity index (χ2n) is 5.48. The zero-order chi connectivity index (χ0) is 16.9. The molecule has 0 fully saturated rings. The molecule has 0 radical (unpaired) electrons. The number of H-pyrrole nitrogens is 1. The van der Waals surface area contributed by atoms with Gasteiger partial charge in [-0.15, -0.1) is 0 Å². The number of aromatic nitrogens is 2. The van der Waals surface area contributed by atoms with E-state index in [4.69, 9.17) is 0 Å². The van der Waals surface area contributed by atoms with Crippen LogP contribution in [0.2, 0.25) is 0 Å². The van der Waals surface area contributed by atoms with Gasteiger partial charge >= 0.3 is 0 Å². The Bertz CT molecular complexity index is 779. The van der Waals surface area contributed by atoms with E-state index < -0.39 is 0 Å². The van der Waals surface area contributed by atoms with E-state index in [2.05, 4.69) is 9.97 Å². The lowest BCUT2D eigenvalue weighted by Crippen LogP contribution is -2.33.